The van der Waals surface area contributed by atoms with Crippen LogP contribution < -0.4 is 20.3 Å². The lowest BCUT2D eigenvalue weighted by atomic mass is 10.2. The van der Waals surface area contributed by atoms with Gasteiger partial charge in [0.15, 0.2) is 11.2 Å². The topological polar surface area (TPSA) is 113 Å². The van der Waals surface area contributed by atoms with Crippen LogP contribution in [0.5, 0.6) is 11.5 Å². The first-order chi connectivity index (χ1) is 15.5. The van der Waals surface area contributed by atoms with Crippen molar-refractivity contribution in [1.82, 2.24) is 24.5 Å². The highest BCUT2D eigenvalue weighted by molar-refractivity contribution is 5.91. The van der Waals surface area contributed by atoms with Gasteiger partial charge in [-0.05, 0) is 17.7 Å². The molecule has 1 N–H and O–H groups in total. The summed E-state index contributed by atoms with van der Waals surface area (Å²) in [7, 11) is 3.00. The van der Waals surface area contributed by atoms with E-state index in [1.54, 1.807) is 30.3 Å². The van der Waals surface area contributed by atoms with Crippen LogP contribution >= 0.6 is 0 Å². The van der Waals surface area contributed by atoms with Crippen molar-refractivity contribution in [3.8, 4) is 11.5 Å². The van der Waals surface area contributed by atoms with Gasteiger partial charge in [0.25, 0.3) is 5.56 Å². The third-order valence-electron chi connectivity index (χ3n) is 4.66. The van der Waals surface area contributed by atoms with E-state index in [1.165, 1.54) is 37.4 Å². The molecule has 0 aliphatic rings. The minimum absolute atomic E-state index is 0.0137. The number of anilines is 1. The van der Waals surface area contributed by atoms with Crippen molar-refractivity contribution >= 4 is 22.8 Å². The molecule has 2 aromatic carbocycles. The van der Waals surface area contributed by atoms with Gasteiger partial charge in [-0.2, -0.15) is 0 Å². The number of halogens is 1. The van der Waals surface area contributed by atoms with Crippen LogP contribution in [0.15, 0.2) is 53.6 Å². The second-order valence-electron chi connectivity index (χ2n) is 6.88. The number of fused-ring (bicyclic) bond motifs is 1. The molecular formula is C21H19FN6O4. The fraction of sp³-hybridized carbons (Fsp3) is 0.190. The lowest BCUT2D eigenvalue weighted by Crippen LogP contribution is -2.28. The molecule has 0 unspecified atom stereocenters. The van der Waals surface area contributed by atoms with E-state index in [0.717, 1.165) is 4.57 Å². The van der Waals surface area contributed by atoms with Crippen LogP contribution in [0.1, 0.15) is 5.56 Å². The van der Waals surface area contributed by atoms with Gasteiger partial charge in [0.2, 0.25) is 5.91 Å². The number of hydrogen-bond acceptors (Lipinski definition) is 7. The first-order valence-electron chi connectivity index (χ1n) is 9.53. The maximum absolute atomic E-state index is 13.4. The Balaban J connectivity index is 1.53. The average Bonchev–Trinajstić information content (AvgIpc) is 3.18. The largest absolute Gasteiger partial charge is 0.497 e. The van der Waals surface area contributed by atoms with E-state index in [4.69, 9.17) is 9.47 Å². The van der Waals surface area contributed by atoms with E-state index in [0.29, 0.717) is 22.7 Å². The van der Waals surface area contributed by atoms with E-state index in [1.807, 2.05) is 0 Å². The Bertz CT molecular complexity index is 1330. The fourth-order valence-electron chi connectivity index (χ4n) is 3.15. The van der Waals surface area contributed by atoms with Crippen LogP contribution in [-0.2, 0) is 17.9 Å². The summed E-state index contributed by atoms with van der Waals surface area (Å²) in [6.07, 6.45) is 1.25. The Labute approximate surface area is 181 Å². The van der Waals surface area contributed by atoms with Crippen molar-refractivity contribution in [2.24, 2.45) is 0 Å². The molecular weight excluding hydrogens is 419 g/mol. The molecule has 1 amide bonds. The first kappa shape index (κ1) is 21.0. The third kappa shape index (κ3) is 4.41. The van der Waals surface area contributed by atoms with Gasteiger partial charge in [-0.3, -0.25) is 14.2 Å². The van der Waals surface area contributed by atoms with Crippen LogP contribution in [0.25, 0.3) is 11.2 Å². The Hall–Kier alpha value is -4.28. The number of nitrogens with one attached hydrogen (secondary N) is 1. The summed E-state index contributed by atoms with van der Waals surface area (Å²) in [5.74, 6) is 0.197. The molecule has 0 radical (unpaired) electrons. The van der Waals surface area contributed by atoms with Gasteiger partial charge in [0.05, 0.1) is 20.8 Å². The molecule has 4 rings (SSSR count). The van der Waals surface area contributed by atoms with Crippen LogP contribution in [0.2, 0.25) is 0 Å². The Morgan fingerprint density at radius 1 is 1.12 bits per heavy atom. The van der Waals surface area contributed by atoms with Crippen LogP contribution in [-0.4, -0.2) is 44.7 Å². The molecule has 164 valence electrons. The van der Waals surface area contributed by atoms with E-state index in [2.05, 4.69) is 20.6 Å². The highest BCUT2D eigenvalue weighted by atomic mass is 19.1. The molecule has 10 nitrogen and oxygen atoms in total. The smallest absolute Gasteiger partial charge is 0.283 e. The van der Waals surface area contributed by atoms with Gasteiger partial charge in [-0.25, -0.2) is 14.1 Å². The number of benzene rings is 2. The van der Waals surface area contributed by atoms with Crippen molar-refractivity contribution in [2.75, 3.05) is 19.5 Å². The summed E-state index contributed by atoms with van der Waals surface area (Å²) in [6, 6.07) is 11.0. The van der Waals surface area contributed by atoms with Gasteiger partial charge >= 0.3 is 0 Å². The number of hydrogen-bond donors (Lipinski definition) is 1. The minimum Gasteiger partial charge on any atom is -0.497 e. The van der Waals surface area contributed by atoms with Crippen molar-refractivity contribution in [1.29, 1.82) is 0 Å². The zero-order chi connectivity index (χ0) is 22.7. The monoisotopic (exact) mass is 438 g/mol. The number of methoxy groups -OCH3 is 2. The fourth-order valence-corrected chi connectivity index (χ4v) is 3.15. The summed E-state index contributed by atoms with van der Waals surface area (Å²) in [5.41, 5.74) is 0.845. The number of rotatable bonds is 7. The van der Waals surface area contributed by atoms with E-state index >= 15 is 0 Å². The molecule has 0 bridgehead atoms. The zero-order valence-corrected chi connectivity index (χ0v) is 17.3. The lowest BCUT2D eigenvalue weighted by molar-refractivity contribution is -0.116. The summed E-state index contributed by atoms with van der Waals surface area (Å²) in [6.45, 7) is -0.0824. The summed E-state index contributed by atoms with van der Waals surface area (Å²) >= 11 is 0. The van der Waals surface area contributed by atoms with E-state index < -0.39 is 11.5 Å². The second-order valence-corrected chi connectivity index (χ2v) is 6.88. The lowest BCUT2D eigenvalue weighted by Gasteiger charge is -2.10. The van der Waals surface area contributed by atoms with E-state index in [9.17, 15) is 14.0 Å². The normalized spacial score (nSPS) is 10.8. The van der Waals surface area contributed by atoms with Gasteiger partial charge in [0.1, 0.15) is 30.2 Å². The summed E-state index contributed by atoms with van der Waals surface area (Å²) in [4.78, 5) is 29.5. The van der Waals surface area contributed by atoms with Crippen LogP contribution in [0, 0.1) is 5.82 Å². The molecule has 0 spiro atoms. The van der Waals surface area contributed by atoms with Gasteiger partial charge in [-0.1, -0.05) is 17.3 Å². The molecule has 2 heterocycles. The van der Waals surface area contributed by atoms with Crippen LogP contribution in [0.4, 0.5) is 10.1 Å². The number of carbonyl (C=O) groups is 1. The maximum Gasteiger partial charge on any atom is 0.283 e. The number of nitrogens with zero attached hydrogens (tertiary/aromatic N) is 5. The quantitative estimate of drug-likeness (QED) is 0.468. The van der Waals surface area contributed by atoms with Crippen molar-refractivity contribution in [2.45, 2.75) is 13.1 Å². The Morgan fingerprint density at radius 2 is 1.88 bits per heavy atom. The summed E-state index contributed by atoms with van der Waals surface area (Å²) < 4.78 is 26.3. The first-order valence-corrected chi connectivity index (χ1v) is 9.53. The number of carbonyl (C=O) groups excluding carboxylic acids is 1. The molecule has 0 aliphatic heterocycles. The molecule has 4 aromatic rings. The molecule has 0 saturated carbocycles. The van der Waals surface area contributed by atoms with Gasteiger partial charge in [0, 0.05) is 23.9 Å². The Kier molecular flexibility index (Phi) is 5.79. The summed E-state index contributed by atoms with van der Waals surface area (Å²) in [5, 5.41) is 10.5. The number of amides is 1. The van der Waals surface area contributed by atoms with Gasteiger partial charge < -0.3 is 14.8 Å². The molecule has 0 aliphatic carbocycles. The maximum atomic E-state index is 13.4. The van der Waals surface area contributed by atoms with Crippen molar-refractivity contribution in [3.63, 3.8) is 0 Å². The minimum atomic E-state index is -0.515. The third-order valence-corrected chi connectivity index (χ3v) is 4.66. The van der Waals surface area contributed by atoms with E-state index in [-0.39, 0.29) is 30.1 Å². The molecule has 11 heteroatoms. The average molecular weight is 438 g/mol. The molecule has 0 atom stereocenters. The SMILES string of the molecule is COc1cc(NC(=O)Cn2cnc3c(nnn3Cc3cccc(F)c3)c2=O)cc(OC)c1. The molecule has 0 fully saturated rings. The highest BCUT2D eigenvalue weighted by Crippen LogP contribution is 2.25. The molecule has 2 aromatic heterocycles. The highest BCUT2D eigenvalue weighted by Gasteiger charge is 2.15. The Morgan fingerprint density at radius 3 is 2.56 bits per heavy atom. The predicted octanol–water partition coefficient (Wildman–Crippen LogP) is 1.83. The second kappa shape index (κ2) is 8.84. The molecule has 0 saturated heterocycles. The number of ether oxygens (including phenoxy) is 2. The van der Waals surface area contributed by atoms with Crippen molar-refractivity contribution < 1.29 is 18.7 Å². The predicted molar refractivity (Wildman–Crippen MR) is 113 cm³/mol. The van der Waals surface area contributed by atoms with Crippen LogP contribution in [0.3, 0.4) is 0 Å². The zero-order valence-electron chi connectivity index (χ0n) is 17.3. The standard InChI is InChI=1S/C21H19FN6O4/c1-31-16-7-15(8-17(9-16)32-2)24-18(29)11-27-12-23-20-19(21(27)30)25-26-28(20)10-13-4-3-5-14(22)6-13/h3-9,12H,10-11H2,1-2H3,(H,24,29). The molecule has 32 heavy (non-hydrogen) atoms. The number of aromatic nitrogens is 5. The van der Waals surface area contributed by atoms with Crippen molar-refractivity contribution in [3.05, 3.63) is 70.5 Å². The van der Waals surface area contributed by atoms with Gasteiger partial charge in [-0.15, -0.1) is 5.10 Å².